The molecule has 0 saturated carbocycles. The van der Waals surface area contributed by atoms with Crippen molar-refractivity contribution in [2.75, 3.05) is 43.5 Å². The van der Waals surface area contributed by atoms with Crippen molar-refractivity contribution in [1.82, 2.24) is 15.1 Å². The Morgan fingerprint density at radius 1 is 1.04 bits per heavy atom. The molecule has 130 valence electrons. The summed E-state index contributed by atoms with van der Waals surface area (Å²) in [5.74, 6) is 0.428. The Morgan fingerprint density at radius 2 is 1.76 bits per heavy atom. The van der Waals surface area contributed by atoms with Crippen LogP contribution in [0.15, 0.2) is 36.4 Å². The molecule has 0 spiro atoms. The van der Waals surface area contributed by atoms with Gasteiger partial charge in [-0.2, -0.15) is 0 Å². The summed E-state index contributed by atoms with van der Waals surface area (Å²) in [5.41, 5.74) is 2.36. The van der Waals surface area contributed by atoms with E-state index in [1.54, 1.807) is 31.1 Å². The molecule has 1 aromatic heterocycles. The molecule has 2 aromatic rings. The second-order valence-electron chi connectivity index (χ2n) is 6.28. The van der Waals surface area contributed by atoms with Crippen molar-refractivity contribution in [3.63, 3.8) is 0 Å². The standard InChI is InChI=1S/C18H21N5O2/c1-13-4-6-14(7-5-13)23-11-10-22(12-17(23)24)16-9-8-15(19-20-16)18(25)21(2)3/h4-9H,10-12H2,1-3H3. The lowest BCUT2D eigenvalue weighted by Crippen LogP contribution is -2.51. The third-order valence-electron chi connectivity index (χ3n) is 4.17. The van der Waals surface area contributed by atoms with E-state index in [-0.39, 0.29) is 18.4 Å². The second-order valence-corrected chi connectivity index (χ2v) is 6.28. The Hall–Kier alpha value is -2.96. The molecule has 7 nitrogen and oxygen atoms in total. The van der Waals surface area contributed by atoms with Crippen LogP contribution in [0, 0.1) is 6.92 Å². The number of rotatable bonds is 3. The summed E-state index contributed by atoms with van der Waals surface area (Å²) in [6, 6.07) is 11.3. The van der Waals surface area contributed by atoms with Crippen LogP contribution in [0.4, 0.5) is 11.5 Å². The molecule has 1 aliphatic heterocycles. The molecule has 0 N–H and O–H groups in total. The van der Waals surface area contributed by atoms with E-state index in [1.807, 2.05) is 36.1 Å². The zero-order valence-electron chi connectivity index (χ0n) is 14.6. The lowest BCUT2D eigenvalue weighted by molar-refractivity contribution is -0.117. The smallest absolute Gasteiger partial charge is 0.273 e. The summed E-state index contributed by atoms with van der Waals surface area (Å²) >= 11 is 0. The minimum absolute atomic E-state index is 0.0188. The van der Waals surface area contributed by atoms with Crippen LogP contribution in [-0.4, -0.2) is 60.6 Å². The predicted molar refractivity (Wildman–Crippen MR) is 95.8 cm³/mol. The van der Waals surface area contributed by atoms with Gasteiger partial charge >= 0.3 is 0 Å². The zero-order chi connectivity index (χ0) is 18.0. The van der Waals surface area contributed by atoms with Crippen LogP contribution in [-0.2, 0) is 4.79 Å². The molecule has 25 heavy (non-hydrogen) atoms. The summed E-state index contributed by atoms with van der Waals surface area (Å²) in [5, 5.41) is 8.09. The summed E-state index contributed by atoms with van der Waals surface area (Å²) in [4.78, 5) is 29.5. The van der Waals surface area contributed by atoms with E-state index in [2.05, 4.69) is 10.2 Å². The highest BCUT2D eigenvalue weighted by Crippen LogP contribution is 2.20. The number of hydrogen-bond donors (Lipinski definition) is 0. The van der Waals surface area contributed by atoms with Crippen LogP contribution in [0.3, 0.4) is 0 Å². The third kappa shape index (κ3) is 3.60. The lowest BCUT2D eigenvalue weighted by Gasteiger charge is -2.34. The highest BCUT2D eigenvalue weighted by molar-refractivity contribution is 5.97. The fourth-order valence-electron chi connectivity index (χ4n) is 2.70. The van der Waals surface area contributed by atoms with Gasteiger partial charge in [-0.25, -0.2) is 0 Å². The van der Waals surface area contributed by atoms with Gasteiger partial charge < -0.3 is 14.7 Å². The number of carbonyl (C=O) groups excluding carboxylic acids is 2. The lowest BCUT2D eigenvalue weighted by atomic mass is 10.2. The summed E-state index contributed by atoms with van der Waals surface area (Å²) < 4.78 is 0. The Bertz CT molecular complexity index is 771. The van der Waals surface area contributed by atoms with Gasteiger partial charge in [0.25, 0.3) is 5.91 Å². The van der Waals surface area contributed by atoms with E-state index in [0.29, 0.717) is 24.6 Å². The zero-order valence-corrected chi connectivity index (χ0v) is 14.6. The maximum atomic E-state index is 12.5. The second kappa shape index (κ2) is 6.88. The first-order valence-electron chi connectivity index (χ1n) is 8.13. The molecule has 1 aromatic carbocycles. The van der Waals surface area contributed by atoms with Crippen molar-refractivity contribution in [3.05, 3.63) is 47.7 Å². The molecule has 1 aliphatic rings. The topological polar surface area (TPSA) is 69.6 Å². The first-order valence-corrected chi connectivity index (χ1v) is 8.13. The maximum absolute atomic E-state index is 12.5. The monoisotopic (exact) mass is 339 g/mol. The minimum atomic E-state index is -0.195. The molecule has 0 bridgehead atoms. The number of nitrogens with zero attached hydrogens (tertiary/aromatic N) is 5. The van der Waals surface area contributed by atoms with E-state index in [1.165, 1.54) is 4.90 Å². The molecule has 0 aliphatic carbocycles. The van der Waals surface area contributed by atoms with Gasteiger partial charge in [-0.3, -0.25) is 9.59 Å². The average Bonchev–Trinajstić information content (AvgIpc) is 2.62. The number of aromatic nitrogens is 2. The van der Waals surface area contributed by atoms with Crippen molar-refractivity contribution in [1.29, 1.82) is 0 Å². The molecular weight excluding hydrogens is 318 g/mol. The Morgan fingerprint density at radius 3 is 2.32 bits per heavy atom. The van der Waals surface area contributed by atoms with E-state index in [9.17, 15) is 9.59 Å². The number of piperazine rings is 1. The van der Waals surface area contributed by atoms with Gasteiger partial charge in [0.1, 0.15) is 0 Å². The van der Waals surface area contributed by atoms with Crippen LogP contribution in [0.1, 0.15) is 16.1 Å². The van der Waals surface area contributed by atoms with Crippen LogP contribution >= 0.6 is 0 Å². The van der Waals surface area contributed by atoms with E-state index in [4.69, 9.17) is 0 Å². The first-order chi connectivity index (χ1) is 12.0. The fourth-order valence-corrected chi connectivity index (χ4v) is 2.70. The van der Waals surface area contributed by atoms with Crippen molar-refractivity contribution >= 4 is 23.3 Å². The maximum Gasteiger partial charge on any atom is 0.273 e. The SMILES string of the molecule is Cc1ccc(N2CCN(c3ccc(C(=O)N(C)C)nn3)CC2=O)cc1. The molecule has 0 atom stereocenters. The van der Waals surface area contributed by atoms with Crippen LogP contribution in [0.5, 0.6) is 0 Å². The van der Waals surface area contributed by atoms with Gasteiger partial charge in [0.05, 0.1) is 6.54 Å². The Labute approximate surface area is 146 Å². The number of amides is 2. The fraction of sp³-hybridized carbons (Fsp3) is 0.333. The van der Waals surface area contributed by atoms with Gasteiger partial charge in [0.2, 0.25) is 5.91 Å². The molecule has 2 heterocycles. The molecule has 3 rings (SSSR count). The van der Waals surface area contributed by atoms with Gasteiger partial charge in [-0.05, 0) is 31.2 Å². The molecule has 1 saturated heterocycles. The van der Waals surface area contributed by atoms with E-state index in [0.717, 1.165) is 11.3 Å². The summed E-state index contributed by atoms with van der Waals surface area (Å²) in [6.07, 6.45) is 0. The number of carbonyl (C=O) groups is 2. The molecule has 2 amide bonds. The number of anilines is 2. The number of hydrogen-bond acceptors (Lipinski definition) is 5. The predicted octanol–water partition coefficient (Wildman–Crippen LogP) is 1.34. The van der Waals surface area contributed by atoms with Crippen LogP contribution in [0.2, 0.25) is 0 Å². The third-order valence-corrected chi connectivity index (χ3v) is 4.17. The highest BCUT2D eigenvalue weighted by Gasteiger charge is 2.26. The van der Waals surface area contributed by atoms with Gasteiger partial charge in [0.15, 0.2) is 11.5 Å². The normalized spacial score (nSPS) is 14.6. The van der Waals surface area contributed by atoms with Gasteiger partial charge in [0, 0.05) is 32.9 Å². The highest BCUT2D eigenvalue weighted by atomic mass is 16.2. The number of benzene rings is 1. The minimum Gasteiger partial charge on any atom is -0.344 e. The molecular formula is C18H21N5O2. The summed E-state index contributed by atoms with van der Waals surface area (Å²) in [6.45, 7) is 3.51. The quantitative estimate of drug-likeness (QED) is 0.844. The first kappa shape index (κ1) is 16.9. The molecule has 1 fully saturated rings. The van der Waals surface area contributed by atoms with Crippen molar-refractivity contribution in [2.24, 2.45) is 0 Å². The van der Waals surface area contributed by atoms with E-state index < -0.39 is 0 Å². The molecule has 0 radical (unpaired) electrons. The van der Waals surface area contributed by atoms with Crippen molar-refractivity contribution < 1.29 is 9.59 Å². The van der Waals surface area contributed by atoms with E-state index >= 15 is 0 Å². The van der Waals surface area contributed by atoms with Crippen molar-refractivity contribution in [3.8, 4) is 0 Å². The van der Waals surface area contributed by atoms with Gasteiger partial charge in [-0.1, -0.05) is 17.7 Å². The molecule has 0 unspecified atom stereocenters. The largest absolute Gasteiger partial charge is 0.344 e. The van der Waals surface area contributed by atoms with Crippen LogP contribution < -0.4 is 9.80 Å². The molecule has 7 heteroatoms. The Balaban J connectivity index is 1.69. The van der Waals surface area contributed by atoms with Crippen molar-refractivity contribution in [2.45, 2.75) is 6.92 Å². The number of aryl methyl sites for hydroxylation is 1. The Kier molecular flexibility index (Phi) is 4.65. The average molecular weight is 339 g/mol. The van der Waals surface area contributed by atoms with Crippen LogP contribution in [0.25, 0.3) is 0 Å². The van der Waals surface area contributed by atoms with Gasteiger partial charge in [-0.15, -0.1) is 10.2 Å². The summed E-state index contributed by atoms with van der Waals surface area (Å²) in [7, 11) is 3.34.